The van der Waals surface area contributed by atoms with Gasteiger partial charge in [0.25, 0.3) is 0 Å². The van der Waals surface area contributed by atoms with Crippen LogP contribution in [0.5, 0.6) is 0 Å². The van der Waals surface area contributed by atoms with Gasteiger partial charge < -0.3 is 19.7 Å². The Bertz CT molecular complexity index is 555. The summed E-state index contributed by atoms with van der Waals surface area (Å²) >= 11 is 0. The number of carbonyl (C=O) groups excluding carboxylic acids is 2. The predicted octanol–water partition coefficient (Wildman–Crippen LogP) is 4.34. The van der Waals surface area contributed by atoms with Crippen molar-refractivity contribution in [1.82, 2.24) is 10.2 Å². The molecule has 1 N–H and O–H groups in total. The van der Waals surface area contributed by atoms with Gasteiger partial charge in [-0.25, -0.2) is 9.59 Å². The lowest BCUT2D eigenvalue weighted by molar-refractivity contribution is 0.0230. The first-order valence-corrected chi connectivity index (χ1v) is 9.16. The summed E-state index contributed by atoms with van der Waals surface area (Å²) in [4.78, 5) is 25.9. The molecule has 0 fully saturated rings. The van der Waals surface area contributed by atoms with Gasteiger partial charge in [-0.1, -0.05) is 43.7 Å². The average molecular weight is 364 g/mol. The van der Waals surface area contributed by atoms with Gasteiger partial charge >= 0.3 is 12.2 Å². The molecule has 146 valence electrons. The molecule has 0 aliphatic heterocycles. The second-order valence-corrected chi connectivity index (χ2v) is 7.39. The molecule has 0 aromatic heterocycles. The van der Waals surface area contributed by atoms with Crippen molar-refractivity contribution in [1.29, 1.82) is 0 Å². The van der Waals surface area contributed by atoms with Gasteiger partial charge in [0.05, 0.1) is 0 Å². The standard InChI is InChI=1S/C20H32N2O4/c1-6-7-13-22(19(24)26-20(3,4)5)14-16(2)21-18(23)25-15-17-11-9-8-10-12-17/h8-12,16H,6-7,13-15H2,1-5H3,(H,21,23)/t16-/m1/s1. The third-order valence-electron chi connectivity index (χ3n) is 3.50. The van der Waals surface area contributed by atoms with Crippen molar-refractivity contribution in [2.75, 3.05) is 13.1 Å². The molecule has 26 heavy (non-hydrogen) atoms. The molecule has 6 nitrogen and oxygen atoms in total. The summed E-state index contributed by atoms with van der Waals surface area (Å²) < 4.78 is 10.7. The van der Waals surface area contributed by atoms with Crippen LogP contribution >= 0.6 is 0 Å². The fourth-order valence-corrected chi connectivity index (χ4v) is 2.27. The van der Waals surface area contributed by atoms with Crippen molar-refractivity contribution in [2.24, 2.45) is 0 Å². The minimum atomic E-state index is -0.549. The Balaban J connectivity index is 2.49. The maximum absolute atomic E-state index is 12.4. The van der Waals surface area contributed by atoms with E-state index in [0.717, 1.165) is 18.4 Å². The SMILES string of the molecule is CCCCN(C[C@@H](C)NC(=O)OCc1ccccc1)C(=O)OC(C)(C)C. The van der Waals surface area contributed by atoms with Crippen LogP contribution in [0.3, 0.4) is 0 Å². The van der Waals surface area contributed by atoms with E-state index < -0.39 is 11.7 Å². The fourth-order valence-electron chi connectivity index (χ4n) is 2.27. The normalized spacial score (nSPS) is 12.2. The molecule has 1 aromatic rings. The second kappa shape index (κ2) is 10.7. The van der Waals surface area contributed by atoms with Gasteiger partial charge in [0.1, 0.15) is 12.2 Å². The number of ether oxygens (including phenoxy) is 2. The van der Waals surface area contributed by atoms with Gasteiger partial charge in [0.2, 0.25) is 0 Å². The molecule has 0 saturated carbocycles. The van der Waals surface area contributed by atoms with Gasteiger partial charge in [-0.15, -0.1) is 0 Å². The van der Waals surface area contributed by atoms with Gasteiger partial charge in [0.15, 0.2) is 0 Å². The Kier molecular flexibility index (Phi) is 8.96. The lowest BCUT2D eigenvalue weighted by atomic mass is 10.2. The lowest BCUT2D eigenvalue weighted by Crippen LogP contribution is -2.46. The molecule has 0 heterocycles. The zero-order valence-corrected chi connectivity index (χ0v) is 16.6. The van der Waals surface area contributed by atoms with Crippen LogP contribution in [0.2, 0.25) is 0 Å². The molecule has 1 atom stereocenters. The van der Waals surface area contributed by atoms with Crippen LogP contribution in [0.1, 0.15) is 53.0 Å². The predicted molar refractivity (Wildman–Crippen MR) is 102 cm³/mol. The zero-order valence-electron chi connectivity index (χ0n) is 16.6. The monoisotopic (exact) mass is 364 g/mol. The summed E-state index contributed by atoms with van der Waals surface area (Å²) in [5.74, 6) is 0. The minimum Gasteiger partial charge on any atom is -0.445 e. The smallest absolute Gasteiger partial charge is 0.410 e. The summed E-state index contributed by atoms with van der Waals surface area (Å²) in [5.41, 5.74) is 0.376. The molecule has 0 radical (unpaired) electrons. The highest BCUT2D eigenvalue weighted by atomic mass is 16.6. The first-order valence-electron chi connectivity index (χ1n) is 9.16. The van der Waals surface area contributed by atoms with Crippen molar-refractivity contribution in [3.63, 3.8) is 0 Å². The highest BCUT2D eigenvalue weighted by Crippen LogP contribution is 2.11. The Morgan fingerprint density at radius 3 is 2.42 bits per heavy atom. The third-order valence-corrected chi connectivity index (χ3v) is 3.50. The number of nitrogens with one attached hydrogen (secondary N) is 1. The van der Waals surface area contributed by atoms with E-state index in [1.54, 1.807) is 4.90 Å². The molecule has 1 rings (SSSR count). The van der Waals surface area contributed by atoms with E-state index in [4.69, 9.17) is 9.47 Å². The van der Waals surface area contributed by atoms with E-state index in [2.05, 4.69) is 12.2 Å². The Hall–Kier alpha value is -2.24. The lowest BCUT2D eigenvalue weighted by Gasteiger charge is -2.29. The van der Waals surface area contributed by atoms with Crippen LogP contribution in [0.25, 0.3) is 0 Å². The number of rotatable bonds is 8. The van der Waals surface area contributed by atoms with Crippen LogP contribution in [-0.4, -0.2) is 41.8 Å². The van der Waals surface area contributed by atoms with E-state index in [1.165, 1.54) is 0 Å². The number of unbranched alkanes of at least 4 members (excludes halogenated alkanes) is 1. The number of alkyl carbamates (subject to hydrolysis) is 1. The van der Waals surface area contributed by atoms with Gasteiger partial charge in [-0.2, -0.15) is 0 Å². The molecule has 0 unspecified atom stereocenters. The Morgan fingerprint density at radius 1 is 1.19 bits per heavy atom. The molecule has 0 spiro atoms. The van der Waals surface area contributed by atoms with E-state index in [9.17, 15) is 9.59 Å². The van der Waals surface area contributed by atoms with E-state index in [0.29, 0.717) is 13.1 Å². The molecule has 0 saturated heterocycles. The molecular weight excluding hydrogens is 332 g/mol. The second-order valence-electron chi connectivity index (χ2n) is 7.39. The number of amides is 2. The summed E-state index contributed by atoms with van der Waals surface area (Å²) in [6.07, 6.45) is 0.989. The summed E-state index contributed by atoms with van der Waals surface area (Å²) in [6.45, 7) is 10.6. The van der Waals surface area contributed by atoms with Crippen LogP contribution in [0, 0.1) is 0 Å². The van der Waals surface area contributed by atoms with Crippen molar-refractivity contribution < 1.29 is 19.1 Å². The number of hydrogen-bond acceptors (Lipinski definition) is 4. The number of hydrogen-bond donors (Lipinski definition) is 1. The fraction of sp³-hybridized carbons (Fsp3) is 0.600. The van der Waals surface area contributed by atoms with Crippen molar-refractivity contribution in [3.8, 4) is 0 Å². The summed E-state index contributed by atoms with van der Waals surface area (Å²) in [6, 6.07) is 9.24. The third kappa shape index (κ3) is 9.30. The summed E-state index contributed by atoms with van der Waals surface area (Å²) in [5, 5.41) is 2.76. The van der Waals surface area contributed by atoms with Crippen molar-refractivity contribution in [3.05, 3.63) is 35.9 Å². The average Bonchev–Trinajstić information content (AvgIpc) is 2.56. The van der Waals surface area contributed by atoms with Crippen LogP contribution in [0.15, 0.2) is 30.3 Å². The molecule has 1 aromatic carbocycles. The maximum Gasteiger partial charge on any atom is 0.410 e. The van der Waals surface area contributed by atoms with Crippen molar-refractivity contribution >= 4 is 12.2 Å². The summed E-state index contributed by atoms with van der Waals surface area (Å²) in [7, 11) is 0. The number of carbonyl (C=O) groups is 2. The van der Waals surface area contributed by atoms with Crippen LogP contribution in [0.4, 0.5) is 9.59 Å². The molecular formula is C20H32N2O4. The first kappa shape index (κ1) is 21.8. The molecule has 0 bridgehead atoms. The quantitative estimate of drug-likeness (QED) is 0.745. The zero-order chi connectivity index (χ0) is 19.6. The van der Waals surface area contributed by atoms with Crippen LogP contribution < -0.4 is 5.32 Å². The van der Waals surface area contributed by atoms with Gasteiger partial charge in [-0.05, 0) is 39.7 Å². The Labute approximate surface area is 156 Å². The molecule has 2 amide bonds. The maximum atomic E-state index is 12.4. The molecule has 0 aliphatic carbocycles. The van der Waals surface area contributed by atoms with E-state index in [-0.39, 0.29) is 18.7 Å². The van der Waals surface area contributed by atoms with Gasteiger partial charge in [-0.3, -0.25) is 0 Å². The minimum absolute atomic E-state index is 0.213. The molecule has 6 heteroatoms. The highest BCUT2D eigenvalue weighted by Gasteiger charge is 2.23. The number of benzene rings is 1. The highest BCUT2D eigenvalue weighted by molar-refractivity contribution is 5.69. The number of nitrogens with zero attached hydrogens (tertiary/aromatic N) is 1. The topological polar surface area (TPSA) is 67.9 Å². The van der Waals surface area contributed by atoms with Crippen molar-refractivity contribution in [2.45, 2.75) is 65.7 Å². The van der Waals surface area contributed by atoms with E-state index >= 15 is 0 Å². The first-order chi connectivity index (χ1) is 12.2. The molecule has 0 aliphatic rings. The van der Waals surface area contributed by atoms with Gasteiger partial charge in [0, 0.05) is 19.1 Å². The van der Waals surface area contributed by atoms with Crippen LogP contribution in [-0.2, 0) is 16.1 Å². The van der Waals surface area contributed by atoms with E-state index in [1.807, 2.05) is 58.0 Å². The largest absolute Gasteiger partial charge is 0.445 e. The Morgan fingerprint density at radius 2 is 1.85 bits per heavy atom.